The molecule has 0 saturated heterocycles. The number of nitrogens with zero attached hydrogens (tertiary/aromatic N) is 3. The molecule has 4 nitrogen and oxygen atoms in total. The van der Waals surface area contributed by atoms with Crippen molar-refractivity contribution >= 4 is 12.2 Å². The molecule has 2 heterocycles. The monoisotopic (exact) mass is 248 g/mol. The second-order valence-corrected chi connectivity index (χ2v) is 4.34. The zero-order valence-electron chi connectivity index (χ0n) is 9.89. The van der Waals surface area contributed by atoms with Crippen molar-refractivity contribution in [3.63, 3.8) is 0 Å². The Labute approximate surface area is 106 Å². The van der Waals surface area contributed by atoms with Crippen LogP contribution in [0.15, 0.2) is 24.5 Å². The molecule has 2 aromatic rings. The number of aromatic amines is 1. The van der Waals surface area contributed by atoms with Crippen LogP contribution < -0.4 is 0 Å². The summed E-state index contributed by atoms with van der Waals surface area (Å²) >= 11 is 5.23. The van der Waals surface area contributed by atoms with E-state index in [-0.39, 0.29) is 0 Å². The van der Waals surface area contributed by atoms with Crippen molar-refractivity contribution in [1.82, 2.24) is 19.7 Å². The molecular weight excluding hydrogens is 232 g/mol. The molecule has 0 aliphatic carbocycles. The molecule has 5 heteroatoms. The number of aryl methyl sites for hydroxylation is 2. The molecule has 0 atom stereocenters. The summed E-state index contributed by atoms with van der Waals surface area (Å²) in [5.41, 5.74) is 1.27. The first-order valence-electron chi connectivity index (χ1n) is 5.84. The molecule has 1 N–H and O–H groups in total. The van der Waals surface area contributed by atoms with Crippen molar-refractivity contribution in [3.8, 4) is 0 Å². The van der Waals surface area contributed by atoms with E-state index in [0.717, 1.165) is 31.6 Å². The van der Waals surface area contributed by atoms with Crippen molar-refractivity contribution in [2.45, 2.75) is 32.7 Å². The summed E-state index contributed by atoms with van der Waals surface area (Å²) in [6.07, 6.45) is 6.62. The molecule has 0 spiro atoms. The number of hydrogen-bond acceptors (Lipinski definition) is 3. The molecule has 2 aromatic heterocycles. The van der Waals surface area contributed by atoms with Crippen LogP contribution in [0, 0.1) is 4.77 Å². The van der Waals surface area contributed by atoms with Gasteiger partial charge in [-0.2, -0.15) is 5.10 Å². The van der Waals surface area contributed by atoms with Gasteiger partial charge in [-0.15, -0.1) is 0 Å². The zero-order valence-corrected chi connectivity index (χ0v) is 10.7. The first-order valence-corrected chi connectivity index (χ1v) is 6.25. The highest BCUT2D eigenvalue weighted by atomic mass is 32.1. The smallest absolute Gasteiger partial charge is 0.195 e. The zero-order chi connectivity index (χ0) is 12.1. The van der Waals surface area contributed by atoms with Gasteiger partial charge in [0.05, 0.1) is 0 Å². The second kappa shape index (κ2) is 5.72. The lowest BCUT2D eigenvalue weighted by atomic mass is 10.2. The van der Waals surface area contributed by atoms with E-state index in [0.29, 0.717) is 4.77 Å². The van der Waals surface area contributed by atoms with Gasteiger partial charge in [0.15, 0.2) is 4.77 Å². The van der Waals surface area contributed by atoms with Crippen LogP contribution in [0.3, 0.4) is 0 Å². The topological polar surface area (TPSA) is 46.5 Å². The van der Waals surface area contributed by atoms with Crippen LogP contribution in [0.4, 0.5) is 0 Å². The average Bonchev–Trinajstić information content (AvgIpc) is 2.70. The Balaban J connectivity index is 2.08. The number of nitrogens with one attached hydrogen (secondary N) is 1. The van der Waals surface area contributed by atoms with Gasteiger partial charge in [0.1, 0.15) is 5.82 Å². The number of rotatable bonds is 5. The summed E-state index contributed by atoms with van der Waals surface area (Å²) in [7, 11) is 0. The van der Waals surface area contributed by atoms with Gasteiger partial charge in [-0.1, -0.05) is 6.92 Å². The van der Waals surface area contributed by atoms with Crippen LogP contribution in [0.2, 0.25) is 0 Å². The van der Waals surface area contributed by atoms with Crippen molar-refractivity contribution in [3.05, 3.63) is 40.7 Å². The lowest BCUT2D eigenvalue weighted by molar-refractivity contribution is 0.636. The fourth-order valence-electron chi connectivity index (χ4n) is 1.79. The van der Waals surface area contributed by atoms with Gasteiger partial charge in [0, 0.05) is 25.4 Å². The highest BCUT2D eigenvalue weighted by Gasteiger charge is 2.04. The van der Waals surface area contributed by atoms with Crippen LogP contribution in [0.5, 0.6) is 0 Å². The van der Waals surface area contributed by atoms with E-state index >= 15 is 0 Å². The molecular formula is C12H16N4S. The molecule has 0 radical (unpaired) electrons. The maximum Gasteiger partial charge on any atom is 0.195 e. The second-order valence-electron chi connectivity index (χ2n) is 3.95. The normalized spacial score (nSPS) is 10.6. The maximum atomic E-state index is 5.23. The lowest BCUT2D eigenvalue weighted by Crippen LogP contribution is -2.06. The first-order chi connectivity index (χ1) is 8.31. The highest BCUT2D eigenvalue weighted by Crippen LogP contribution is 2.05. The quantitative estimate of drug-likeness (QED) is 0.827. The predicted molar refractivity (Wildman–Crippen MR) is 69.3 cm³/mol. The summed E-state index contributed by atoms with van der Waals surface area (Å²) in [6.45, 7) is 3.01. The third-order valence-corrected chi connectivity index (χ3v) is 3.00. The summed E-state index contributed by atoms with van der Waals surface area (Å²) in [5.74, 6) is 1.05. The Kier molecular flexibility index (Phi) is 4.03. The summed E-state index contributed by atoms with van der Waals surface area (Å²) < 4.78 is 2.79. The molecule has 0 fully saturated rings. The van der Waals surface area contributed by atoms with E-state index in [2.05, 4.69) is 26.7 Å². The number of H-pyrrole nitrogens is 1. The van der Waals surface area contributed by atoms with Gasteiger partial charge in [0.2, 0.25) is 0 Å². The average molecular weight is 248 g/mol. The summed E-state index contributed by atoms with van der Waals surface area (Å²) in [6, 6.07) is 4.06. The largest absolute Gasteiger partial charge is 0.304 e. The maximum absolute atomic E-state index is 5.23. The highest BCUT2D eigenvalue weighted by molar-refractivity contribution is 7.71. The summed E-state index contributed by atoms with van der Waals surface area (Å²) in [4.78, 5) is 4.01. The molecule has 0 unspecified atom stereocenters. The summed E-state index contributed by atoms with van der Waals surface area (Å²) in [5, 5.41) is 7.11. The van der Waals surface area contributed by atoms with Crippen LogP contribution in [-0.2, 0) is 19.4 Å². The molecule has 0 bridgehead atoms. The minimum atomic E-state index is 0.711. The SMILES string of the molecule is CCCc1n[nH]c(=S)n1CCc1ccncc1. The van der Waals surface area contributed by atoms with E-state index in [1.807, 2.05) is 24.5 Å². The standard InChI is InChI=1S/C12H16N4S/c1-2-3-11-14-15-12(17)16(11)9-6-10-4-7-13-8-5-10/h4-5,7-8H,2-3,6,9H2,1H3,(H,15,17). The van der Waals surface area contributed by atoms with Gasteiger partial charge in [-0.3, -0.25) is 10.1 Å². The van der Waals surface area contributed by atoms with Crippen molar-refractivity contribution < 1.29 is 0 Å². The van der Waals surface area contributed by atoms with Gasteiger partial charge in [-0.25, -0.2) is 0 Å². The minimum Gasteiger partial charge on any atom is -0.304 e. The minimum absolute atomic E-state index is 0.711. The fraction of sp³-hybridized carbons (Fsp3) is 0.417. The van der Waals surface area contributed by atoms with E-state index in [9.17, 15) is 0 Å². The Morgan fingerprint density at radius 3 is 2.76 bits per heavy atom. The van der Waals surface area contributed by atoms with Crippen LogP contribution >= 0.6 is 12.2 Å². The van der Waals surface area contributed by atoms with Crippen molar-refractivity contribution in [2.24, 2.45) is 0 Å². The number of pyridine rings is 1. The van der Waals surface area contributed by atoms with Crippen molar-refractivity contribution in [2.75, 3.05) is 0 Å². The van der Waals surface area contributed by atoms with Crippen molar-refractivity contribution in [1.29, 1.82) is 0 Å². The third kappa shape index (κ3) is 3.00. The molecule has 0 aliphatic heterocycles. The molecule has 2 rings (SSSR count). The van der Waals surface area contributed by atoms with Crippen LogP contribution in [-0.4, -0.2) is 19.7 Å². The van der Waals surface area contributed by atoms with E-state index in [1.165, 1.54) is 5.56 Å². The molecule has 17 heavy (non-hydrogen) atoms. The molecule has 0 amide bonds. The third-order valence-electron chi connectivity index (χ3n) is 2.68. The van der Waals surface area contributed by atoms with E-state index < -0.39 is 0 Å². The molecule has 90 valence electrons. The predicted octanol–water partition coefficient (Wildman–Crippen LogP) is 2.53. The molecule has 0 aliphatic rings. The Hall–Kier alpha value is -1.49. The molecule has 0 saturated carbocycles. The number of aromatic nitrogens is 4. The Morgan fingerprint density at radius 1 is 1.29 bits per heavy atom. The van der Waals surface area contributed by atoms with Gasteiger partial charge < -0.3 is 4.57 Å². The number of hydrogen-bond donors (Lipinski definition) is 1. The lowest BCUT2D eigenvalue weighted by Gasteiger charge is -2.05. The first kappa shape index (κ1) is 12.0. The van der Waals surface area contributed by atoms with E-state index in [4.69, 9.17) is 12.2 Å². The van der Waals surface area contributed by atoms with E-state index in [1.54, 1.807) is 0 Å². The molecule has 0 aromatic carbocycles. The van der Waals surface area contributed by atoms with Crippen LogP contribution in [0.1, 0.15) is 24.7 Å². The Morgan fingerprint density at radius 2 is 2.06 bits per heavy atom. The van der Waals surface area contributed by atoms with Crippen LogP contribution in [0.25, 0.3) is 0 Å². The van der Waals surface area contributed by atoms with Gasteiger partial charge in [-0.05, 0) is 42.8 Å². The van der Waals surface area contributed by atoms with Gasteiger partial charge in [0.25, 0.3) is 0 Å². The van der Waals surface area contributed by atoms with Gasteiger partial charge >= 0.3 is 0 Å². The Bertz CT molecular complexity index is 515. The fourth-order valence-corrected chi connectivity index (χ4v) is 2.03.